The molecule has 15 heavy (non-hydrogen) atoms. The van der Waals surface area contributed by atoms with Crippen LogP contribution in [-0.2, 0) is 14.3 Å². The van der Waals surface area contributed by atoms with E-state index in [0.717, 1.165) is 6.08 Å². The fourth-order valence-corrected chi connectivity index (χ4v) is 0.717. The molecule has 0 aliphatic carbocycles. The van der Waals surface area contributed by atoms with Crippen molar-refractivity contribution in [3.05, 3.63) is 24.3 Å². The molecule has 0 rings (SSSR count). The quantitative estimate of drug-likeness (QED) is 0.366. The molecule has 0 aromatic carbocycles. The monoisotopic (exact) mass is 214 g/mol. The first-order chi connectivity index (χ1) is 7.07. The lowest BCUT2D eigenvalue weighted by atomic mass is 10.2. The second-order valence-electron chi connectivity index (χ2n) is 2.76. The first-order valence-electron chi connectivity index (χ1n) is 4.43. The number of hydrogen-bond acceptors (Lipinski definition) is 4. The summed E-state index contributed by atoms with van der Waals surface area (Å²) in [6, 6.07) is 0. The number of aliphatic carboxylic acids is 1. The van der Waals surface area contributed by atoms with Crippen molar-refractivity contribution in [2.45, 2.75) is 12.8 Å². The van der Waals surface area contributed by atoms with E-state index >= 15 is 0 Å². The lowest BCUT2D eigenvalue weighted by molar-refractivity contribution is -0.139. The Bertz CT molecular complexity index is 267. The smallest absolute Gasteiger partial charge is 0.333 e. The summed E-state index contributed by atoms with van der Waals surface area (Å²) >= 11 is 0. The Morgan fingerprint density at radius 1 is 1.40 bits per heavy atom. The van der Waals surface area contributed by atoms with E-state index in [1.807, 2.05) is 0 Å². The highest BCUT2D eigenvalue weighted by Crippen LogP contribution is 2.02. The third-order valence-corrected chi connectivity index (χ3v) is 1.45. The Labute approximate surface area is 87.7 Å². The Hall–Kier alpha value is -1.62. The highest BCUT2D eigenvalue weighted by atomic mass is 16.5. The SMILES string of the molecule is C=C(CC=CC(=O)O)C(=O)OCCCO. The Kier molecular flexibility index (Phi) is 6.92. The molecule has 0 saturated heterocycles. The van der Waals surface area contributed by atoms with Crippen LogP contribution in [-0.4, -0.2) is 35.4 Å². The number of carboxylic acids is 1. The van der Waals surface area contributed by atoms with E-state index in [0.29, 0.717) is 6.42 Å². The van der Waals surface area contributed by atoms with E-state index in [1.165, 1.54) is 6.08 Å². The van der Waals surface area contributed by atoms with Crippen LogP contribution in [0.3, 0.4) is 0 Å². The van der Waals surface area contributed by atoms with Gasteiger partial charge in [-0.2, -0.15) is 0 Å². The second kappa shape index (κ2) is 7.75. The van der Waals surface area contributed by atoms with Crippen molar-refractivity contribution in [1.29, 1.82) is 0 Å². The van der Waals surface area contributed by atoms with Crippen LogP contribution in [0.15, 0.2) is 24.3 Å². The van der Waals surface area contributed by atoms with Crippen molar-refractivity contribution < 1.29 is 24.5 Å². The lowest BCUT2D eigenvalue weighted by Gasteiger charge is -2.03. The van der Waals surface area contributed by atoms with E-state index in [1.54, 1.807) is 0 Å². The topological polar surface area (TPSA) is 83.8 Å². The molecule has 84 valence electrons. The van der Waals surface area contributed by atoms with Crippen LogP contribution >= 0.6 is 0 Å². The van der Waals surface area contributed by atoms with Crippen molar-refractivity contribution >= 4 is 11.9 Å². The van der Waals surface area contributed by atoms with Crippen molar-refractivity contribution in [1.82, 2.24) is 0 Å². The third-order valence-electron chi connectivity index (χ3n) is 1.45. The zero-order valence-corrected chi connectivity index (χ0v) is 8.31. The minimum absolute atomic E-state index is 0.0430. The number of allylic oxidation sites excluding steroid dienone is 1. The van der Waals surface area contributed by atoms with Gasteiger partial charge in [0.05, 0.1) is 6.61 Å². The molecule has 0 radical (unpaired) electrons. The number of rotatable bonds is 7. The van der Waals surface area contributed by atoms with Gasteiger partial charge in [-0.05, 0) is 6.42 Å². The number of aliphatic hydroxyl groups excluding tert-OH is 1. The molecular formula is C10H14O5. The predicted octanol–water partition coefficient (Wildman–Crippen LogP) is 0.499. The molecule has 0 aromatic rings. The van der Waals surface area contributed by atoms with E-state index in [-0.39, 0.29) is 25.2 Å². The van der Waals surface area contributed by atoms with Gasteiger partial charge in [0.25, 0.3) is 0 Å². The first kappa shape index (κ1) is 13.4. The van der Waals surface area contributed by atoms with Crippen LogP contribution < -0.4 is 0 Å². The molecule has 0 spiro atoms. The Morgan fingerprint density at radius 3 is 2.60 bits per heavy atom. The average molecular weight is 214 g/mol. The number of ether oxygens (including phenoxy) is 1. The van der Waals surface area contributed by atoms with Crippen molar-refractivity contribution in [2.75, 3.05) is 13.2 Å². The van der Waals surface area contributed by atoms with Gasteiger partial charge in [0.15, 0.2) is 0 Å². The molecule has 0 saturated carbocycles. The van der Waals surface area contributed by atoms with Gasteiger partial charge in [-0.3, -0.25) is 0 Å². The number of esters is 1. The largest absolute Gasteiger partial charge is 0.478 e. The summed E-state index contributed by atoms with van der Waals surface area (Å²) in [4.78, 5) is 21.2. The summed E-state index contributed by atoms with van der Waals surface area (Å²) in [5.41, 5.74) is 0.186. The van der Waals surface area contributed by atoms with Crippen molar-refractivity contribution in [3.63, 3.8) is 0 Å². The molecular weight excluding hydrogens is 200 g/mol. The van der Waals surface area contributed by atoms with Crippen molar-refractivity contribution in [2.24, 2.45) is 0 Å². The van der Waals surface area contributed by atoms with E-state index in [2.05, 4.69) is 6.58 Å². The zero-order chi connectivity index (χ0) is 11.7. The molecule has 5 heteroatoms. The van der Waals surface area contributed by atoms with Crippen LogP contribution in [0.1, 0.15) is 12.8 Å². The maximum Gasteiger partial charge on any atom is 0.333 e. The number of hydrogen-bond donors (Lipinski definition) is 2. The highest BCUT2D eigenvalue weighted by Gasteiger charge is 2.06. The minimum Gasteiger partial charge on any atom is -0.478 e. The third kappa shape index (κ3) is 7.45. The fraction of sp³-hybridized carbons (Fsp3) is 0.400. The summed E-state index contributed by atoms with van der Waals surface area (Å²) in [6.45, 7) is 3.54. The Balaban J connectivity index is 3.79. The number of aliphatic hydroxyl groups is 1. The standard InChI is InChI=1S/C10H14O5/c1-8(4-2-5-9(12)13)10(14)15-7-3-6-11/h2,5,11H,1,3-4,6-7H2,(H,12,13). The fourth-order valence-electron chi connectivity index (χ4n) is 0.717. The van der Waals surface area contributed by atoms with E-state index < -0.39 is 11.9 Å². The molecule has 5 nitrogen and oxygen atoms in total. The van der Waals surface area contributed by atoms with E-state index in [4.69, 9.17) is 14.9 Å². The summed E-state index contributed by atoms with van der Waals surface area (Å²) < 4.78 is 4.72. The molecule has 0 aliphatic rings. The maximum absolute atomic E-state index is 11.1. The van der Waals surface area contributed by atoms with Gasteiger partial charge in [0.2, 0.25) is 0 Å². The summed E-state index contributed by atoms with van der Waals surface area (Å²) in [5, 5.41) is 16.7. The van der Waals surface area contributed by atoms with E-state index in [9.17, 15) is 9.59 Å². The molecule has 0 amide bonds. The second-order valence-corrected chi connectivity index (χ2v) is 2.76. The Morgan fingerprint density at radius 2 is 2.07 bits per heavy atom. The lowest BCUT2D eigenvalue weighted by Crippen LogP contribution is -2.08. The van der Waals surface area contributed by atoms with Crippen molar-refractivity contribution in [3.8, 4) is 0 Å². The van der Waals surface area contributed by atoms with Crippen LogP contribution in [0.25, 0.3) is 0 Å². The number of carbonyl (C=O) groups is 2. The predicted molar refractivity (Wildman–Crippen MR) is 53.2 cm³/mol. The minimum atomic E-state index is -1.07. The molecule has 2 N–H and O–H groups in total. The highest BCUT2D eigenvalue weighted by molar-refractivity contribution is 5.88. The van der Waals surface area contributed by atoms with Gasteiger partial charge in [-0.15, -0.1) is 0 Å². The van der Waals surface area contributed by atoms with Gasteiger partial charge in [0.1, 0.15) is 0 Å². The zero-order valence-electron chi connectivity index (χ0n) is 8.31. The van der Waals surface area contributed by atoms with Crippen LogP contribution in [0.4, 0.5) is 0 Å². The van der Waals surface area contributed by atoms with Crippen LogP contribution in [0.5, 0.6) is 0 Å². The van der Waals surface area contributed by atoms with Crippen LogP contribution in [0, 0.1) is 0 Å². The van der Waals surface area contributed by atoms with Gasteiger partial charge in [-0.1, -0.05) is 12.7 Å². The van der Waals surface area contributed by atoms with Crippen LogP contribution in [0.2, 0.25) is 0 Å². The molecule has 0 aliphatic heterocycles. The molecule has 0 atom stereocenters. The molecule has 0 fully saturated rings. The summed E-state index contributed by atoms with van der Waals surface area (Å²) in [5.74, 6) is -1.64. The van der Waals surface area contributed by atoms with Gasteiger partial charge in [-0.25, -0.2) is 9.59 Å². The molecule has 0 heterocycles. The normalized spacial score (nSPS) is 10.2. The first-order valence-corrected chi connectivity index (χ1v) is 4.43. The van der Waals surface area contributed by atoms with Gasteiger partial charge < -0.3 is 14.9 Å². The summed E-state index contributed by atoms with van der Waals surface area (Å²) in [7, 11) is 0. The summed E-state index contributed by atoms with van der Waals surface area (Å²) in [6.07, 6.45) is 2.78. The van der Waals surface area contributed by atoms with Gasteiger partial charge >= 0.3 is 11.9 Å². The average Bonchev–Trinajstić information content (AvgIpc) is 2.17. The number of carbonyl (C=O) groups excluding carboxylic acids is 1. The molecule has 0 aromatic heterocycles. The number of carboxylic acid groups (broad SMARTS) is 1. The molecule has 0 bridgehead atoms. The molecule has 0 unspecified atom stereocenters. The van der Waals surface area contributed by atoms with Gasteiger partial charge in [0, 0.05) is 24.7 Å². The maximum atomic E-state index is 11.1.